The van der Waals surface area contributed by atoms with E-state index in [4.69, 9.17) is 0 Å². The van der Waals surface area contributed by atoms with E-state index in [0.29, 0.717) is 13.0 Å². The van der Waals surface area contributed by atoms with Crippen molar-refractivity contribution in [3.63, 3.8) is 0 Å². The first-order chi connectivity index (χ1) is 7.58. The van der Waals surface area contributed by atoms with Crippen LogP contribution in [0.1, 0.15) is 19.3 Å². The van der Waals surface area contributed by atoms with E-state index in [2.05, 4.69) is 14.9 Å². The van der Waals surface area contributed by atoms with E-state index in [1.807, 2.05) is 0 Å². The zero-order chi connectivity index (χ0) is 11.6. The smallest absolute Gasteiger partial charge is 0.243 e. The van der Waals surface area contributed by atoms with E-state index in [1.165, 1.54) is 12.4 Å². The summed E-state index contributed by atoms with van der Waals surface area (Å²) in [6.07, 6.45) is 4.64. The third-order valence-electron chi connectivity index (χ3n) is 2.86. The Morgan fingerprint density at radius 2 is 2.38 bits per heavy atom. The Labute approximate surface area is 94.1 Å². The number of aromatic nitrogens is 2. The zero-order valence-corrected chi connectivity index (χ0v) is 9.57. The van der Waals surface area contributed by atoms with Crippen LogP contribution in [-0.2, 0) is 10.0 Å². The maximum absolute atomic E-state index is 11.7. The van der Waals surface area contributed by atoms with E-state index in [-0.39, 0.29) is 16.9 Å². The van der Waals surface area contributed by atoms with E-state index in [1.54, 1.807) is 0 Å². The van der Waals surface area contributed by atoms with Gasteiger partial charge in [0.25, 0.3) is 0 Å². The molecule has 16 heavy (non-hydrogen) atoms. The van der Waals surface area contributed by atoms with Crippen LogP contribution >= 0.6 is 0 Å². The molecule has 1 saturated carbocycles. The molecule has 2 rings (SSSR count). The number of aromatic amines is 1. The lowest BCUT2D eigenvalue weighted by atomic mass is 10.1. The van der Waals surface area contributed by atoms with Crippen molar-refractivity contribution in [2.75, 3.05) is 6.54 Å². The molecule has 7 heteroatoms. The van der Waals surface area contributed by atoms with Gasteiger partial charge in [-0.15, -0.1) is 0 Å². The zero-order valence-electron chi connectivity index (χ0n) is 8.76. The van der Waals surface area contributed by atoms with Crippen molar-refractivity contribution in [3.05, 3.63) is 12.4 Å². The van der Waals surface area contributed by atoms with Gasteiger partial charge in [0.05, 0.1) is 12.3 Å². The van der Waals surface area contributed by atoms with Crippen molar-refractivity contribution < 1.29 is 13.5 Å². The van der Waals surface area contributed by atoms with Crippen molar-refractivity contribution in [1.82, 2.24) is 14.9 Å². The summed E-state index contributed by atoms with van der Waals surface area (Å²) >= 11 is 0. The Morgan fingerprint density at radius 1 is 1.56 bits per heavy atom. The third kappa shape index (κ3) is 2.60. The number of H-pyrrole nitrogens is 1. The molecule has 2 atom stereocenters. The van der Waals surface area contributed by atoms with E-state index < -0.39 is 10.0 Å². The molecule has 90 valence electrons. The number of aliphatic hydroxyl groups excluding tert-OH is 1. The van der Waals surface area contributed by atoms with Crippen LogP contribution in [0.5, 0.6) is 0 Å². The Bertz CT molecular complexity index is 429. The molecule has 1 heterocycles. The van der Waals surface area contributed by atoms with Crippen LogP contribution in [0.2, 0.25) is 0 Å². The highest BCUT2D eigenvalue weighted by atomic mass is 32.2. The normalized spacial score (nSPS) is 26.1. The molecule has 3 N–H and O–H groups in total. The minimum absolute atomic E-state index is 0.144. The molecule has 1 aliphatic rings. The third-order valence-corrected chi connectivity index (χ3v) is 4.25. The van der Waals surface area contributed by atoms with Crippen molar-refractivity contribution in [1.29, 1.82) is 0 Å². The molecular weight excluding hydrogens is 230 g/mol. The fourth-order valence-electron chi connectivity index (χ4n) is 1.93. The molecule has 0 amide bonds. The van der Waals surface area contributed by atoms with Crippen LogP contribution in [0, 0.1) is 5.92 Å². The van der Waals surface area contributed by atoms with Crippen molar-refractivity contribution in [2.24, 2.45) is 5.92 Å². The van der Waals surface area contributed by atoms with Crippen molar-refractivity contribution >= 4 is 10.0 Å². The van der Waals surface area contributed by atoms with E-state index >= 15 is 0 Å². The second-order valence-electron chi connectivity index (χ2n) is 4.12. The van der Waals surface area contributed by atoms with E-state index in [0.717, 1.165) is 12.8 Å². The molecule has 0 radical (unpaired) electrons. The van der Waals surface area contributed by atoms with Gasteiger partial charge >= 0.3 is 0 Å². The van der Waals surface area contributed by atoms with Gasteiger partial charge in [-0.3, -0.25) is 5.10 Å². The largest absolute Gasteiger partial charge is 0.393 e. The van der Waals surface area contributed by atoms with Gasteiger partial charge in [-0.2, -0.15) is 5.10 Å². The lowest BCUT2D eigenvalue weighted by Crippen LogP contribution is -2.28. The average molecular weight is 245 g/mol. The van der Waals surface area contributed by atoms with Crippen LogP contribution < -0.4 is 4.72 Å². The Hall–Kier alpha value is -0.920. The van der Waals surface area contributed by atoms with Crippen LogP contribution in [0.25, 0.3) is 0 Å². The number of aliphatic hydroxyl groups is 1. The maximum atomic E-state index is 11.7. The predicted octanol–water partition coefficient (Wildman–Crippen LogP) is -0.151. The fraction of sp³-hybridized carbons (Fsp3) is 0.667. The quantitative estimate of drug-likeness (QED) is 0.687. The van der Waals surface area contributed by atoms with Crippen molar-refractivity contribution in [2.45, 2.75) is 30.3 Å². The molecule has 0 aliphatic heterocycles. The predicted molar refractivity (Wildman–Crippen MR) is 57.1 cm³/mol. The Kier molecular flexibility index (Phi) is 3.27. The summed E-state index contributed by atoms with van der Waals surface area (Å²) in [7, 11) is -3.45. The minimum Gasteiger partial charge on any atom is -0.393 e. The number of rotatable bonds is 4. The molecule has 0 bridgehead atoms. The Balaban J connectivity index is 1.91. The van der Waals surface area contributed by atoms with Gasteiger partial charge in [0.1, 0.15) is 4.90 Å². The van der Waals surface area contributed by atoms with E-state index in [9.17, 15) is 13.5 Å². The monoisotopic (exact) mass is 245 g/mol. The second-order valence-corrected chi connectivity index (χ2v) is 5.89. The number of hydrogen-bond acceptors (Lipinski definition) is 4. The molecule has 0 aromatic carbocycles. The molecule has 6 nitrogen and oxygen atoms in total. The number of sulfonamides is 1. The molecule has 0 spiro atoms. The first kappa shape index (κ1) is 11.6. The highest BCUT2D eigenvalue weighted by Gasteiger charge is 2.24. The van der Waals surface area contributed by atoms with Gasteiger partial charge < -0.3 is 5.11 Å². The minimum atomic E-state index is -3.45. The second kappa shape index (κ2) is 4.52. The average Bonchev–Trinajstić information content (AvgIpc) is 2.85. The molecule has 2 unspecified atom stereocenters. The van der Waals surface area contributed by atoms with Gasteiger partial charge in [0.2, 0.25) is 10.0 Å². The molecule has 0 saturated heterocycles. The van der Waals surface area contributed by atoms with Crippen molar-refractivity contribution in [3.8, 4) is 0 Å². The molecule has 1 aliphatic carbocycles. The number of nitrogens with zero attached hydrogens (tertiary/aromatic N) is 1. The summed E-state index contributed by atoms with van der Waals surface area (Å²) in [6.45, 7) is 0.380. The van der Waals surface area contributed by atoms with Gasteiger partial charge in [-0.1, -0.05) is 0 Å². The van der Waals surface area contributed by atoms with Crippen LogP contribution in [-0.4, -0.2) is 36.4 Å². The van der Waals surface area contributed by atoms with Gasteiger partial charge in [0.15, 0.2) is 0 Å². The summed E-state index contributed by atoms with van der Waals surface area (Å²) < 4.78 is 25.9. The van der Waals surface area contributed by atoms with Crippen LogP contribution in [0.3, 0.4) is 0 Å². The highest BCUT2D eigenvalue weighted by molar-refractivity contribution is 7.89. The fourth-order valence-corrected chi connectivity index (χ4v) is 2.95. The molecule has 1 aromatic heterocycles. The van der Waals surface area contributed by atoms with Crippen LogP contribution in [0.4, 0.5) is 0 Å². The van der Waals surface area contributed by atoms with Gasteiger partial charge in [-0.25, -0.2) is 13.1 Å². The molecular formula is C9H15N3O3S. The highest BCUT2D eigenvalue weighted by Crippen LogP contribution is 2.24. The first-order valence-electron chi connectivity index (χ1n) is 5.24. The van der Waals surface area contributed by atoms with Crippen LogP contribution in [0.15, 0.2) is 17.3 Å². The summed E-state index contributed by atoms with van der Waals surface area (Å²) in [5.74, 6) is 0.233. The maximum Gasteiger partial charge on any atom is 0.243 e. The Morgan fingerprint density at radius 3 is 2.94 bits per heavy atom. The SMILES string of the molecule is O=S(=O)(NCC1CCC(O)C1)c1cn[nH]c1. The van der Waals surface area contributed by atoms with Gasteiger partial charge in [0, 0.05) is 12.7 Å². The summed E-state index contributed by atoms with van der Waals surface area (Å²) in [5.41, 5.74) is 0. The summed E-state index contributed by atoms with van der Waals surface area (Å²) in [4.78, 5) is 0.144. The standard InChI is InChI=1S/C9H15N3O3S/c13-8-2-1-7(3-8)4-12-16(14,15)9-5-10-11-6-9/h5-8,12-13H,1-4H2,(H,10,11). The lowest BCUT2D eigenvalue weighted by Gasteiger charge is -2.10. The summed E-state index contributed by atoms with van der Waals surface area (Å²) in [6, 6.07) is 0. The first-order valence-corrected chi connectivity index (χ1v) is 6.73. The molecule has 1 aromatic rings. The number of nitrogens with one attached hydrogen (secondary N) is 2. The number of hydrogen-bond donors (Lipinski definition) is 3. The lowest BCUT2D eigenvalue weighted by molar-refractivity contribution is 0.178. The molecule has 1 fully saturated rings. The topological polar surface area (TPSA) is 95.1 Å². The van der Waals surface area contributed by atoms with Gasteiger partial charge in [-0.05, 0) is 25.2 Å². The summed E-state index contributed by atoms with van der Waals surface area (Å²) in [5, 5.41) is 15.4.